The van der Waals surface area contributed by atoms with Gasteiger partial charge in [0.1, 0.15) is 10.5 Å². The molecule has 0 aliphatic carbocycles. The minimum absolute atomic E-state index is 0.0444. The Morgan fingerprint density at radius 3 is 2.90 bits per heavy atom. The normalized spacial score (nSPS) is 22.2. The second-order valence-electron chi connectivity index (χ2n) is 5.20. The molecule has 1 amide bonds. The van der Waals surface area contributed by atoms with Crippen molar-refractivity contribution in [3.8, 4) is 0 Å². The van der Waals surface area contributed by atoms with Gasteiger partial charge in [-0.15, -0.1) is 0 Å². The van der Waals surface area contributed by atoms with Crippen molar-refractivity contribution in [3.63, 3.8) is 0 Å². The lowest BCUT2D eigenvalue weighted by Crippen LogP contribution is -2.34. The van der Waals surface area contributed by atoms with Gasteiger partial charge in [0.2, 0.25) is 0 Å². The molecule has 0 radical (unpaired) electrons. The van der Waals surface area contributed by atoms with Crippen LogP contribution in [0, 0.1) is 6.92 Å². The number of nitrogens with zero attached hydrogens (tertiary/aromatic N) is 2. The second-order valence-corrected chi connectivity index (χ2v) is 6.03. The Bertz CT molecular complexity index is 627. The highest BCUT2D eigenvalue weighted by molar-refractivity contribution is 7.08. The first kappa shape index (κ1) is 13.3. The number of carbonyl (C=O) groups excluding carboxylic acids is 1. The predicted molar refractivity (Wildman–Crippen MR) is 77.7 cm³/mol. The third-order valence-corrected chi connectivity index (χ3v) is 4.56. The van der Waals surface area contributed by atoms with Crippen LogP contribution in [-0.4, -0.2) is 33.4 Å². The van der Waals surface area contributed by atoms with Crippen LogP contribution in [0.5, 0.6) is 0 Å². The fourth-order valence-corrected chi connectivity index (χ4v) is 3.33. The van der Waals surface area contributed by atoms with Crippen LogP contribution in [0.2, 0.25) is 0 Å². The smallest absolute Gasteiger partial charge is 0.265 e. The molecule has 1 aromatic heterocycles. The van der Waals surface area contributed by atoms with Gasteiger partial charge in [-0.05, 0) is 42.1 Å². The van der Waals surface area contributed by atoms with Crippen LogP contribution in [0.3, 0.4) is 0 Å². The highest BCUT2D eigenvalue weighted by Gasteiger charge is 2.40. The Morgan fingerprint density at radius 1 is 1.40 bits per heavy atom. The number of aliphatic hydroxyl groups is 1. The zero-order valence-electron chi connectivity index (χ0n) is 11.2. The highest BCUT2D eigenvalue weighted by atomic mass is 32.1. The number of amides is 1. The summed E-state index contributed by atoms with van der Waals surface area (Å²) in [5, 5.41) is 10.9. The molecule has 2 aromatic rings. The quantitative estimate of drug-likeness (QED) is 0.921. The predicted octanol–water partition coefficient (Wildman–Crippen LogP) is 2.19. The minimum atomic E-state index is -0.939. The number of hydrogen-bond acceptors (Lipinski definition) is 4. The molecule has 1 N–H and O–H groups in total. The van der Waals surface area contributed by atoms with E-state index >= 15 is 0 Å². The standard InChI is InChI=1S/C15H16N2O2S/c1-11-4-2-3-5-12(11)15(19)7-9-17(10-15)14(18)13-6-8-16-20-13/h2-6,8,19H,7,9-10H2,1H3. The van der Waals surface area contributed by atoms with Crippen molar-refractivity contribution < 1.29 is 9.90 Å². The maximum atomic E-state index is 12.3. The molecule has 1 aromatic carbocycles. The fraction of sp³-hybridized carbons (Fsp3) is 0.333. The Kier molecular flexibility index (Phi) is 3.31. The SMILES string of the molecule is Cc1ccccc1C1(O)CCN(C(=O)c2ccns2)C1. The van der Waals surface area contributed by atoms with E-state index in [0.29, 0.717) is 24.4 Å². The molecule has 0 saturated carbocycles. The van der Waals surface area contributed by atoms with Crippen molar-refractivity contribution in [2.45, 2.75) is 18.9 Å². The maximum Gasteiger partial charge on any atom is 0.265 e. The summed E-state index contributed by atoms with van der Waals surface area (Å²) >= 11 is 1.19. The van der Waals surface area contributed by atoms with Gasteiger partial charge in [-0.2, -0.15) is 0 Å². The molecule has 1 aliphatic rings. The van der Waals surface area contributed by atoms with Crippen molar-refractivity contribution >= 4 is 17.4 Å². The van der Waals surface area contributed by atoms with Gasteiger partial charge in [0.05, 0.1) is 6.54 Å². The van der Waals surface area contributed by atoms with E-state index in [1.807, 2.05) is 31.2 Å². The number of hydrogen-bond donors (Lipinski definition) is 1. The Labute approximate surface area is 121 Å². The number of benzene rings is 1. The lowest BCUT2D eigenvalue weighted by atomic mass is 9.89. The molecule has 20 heavy (non-hydrogen) atoms. The van der Waals surface area contributed by atoms with Gasteiger partial charge in [0.25, 0.3) is 5.91 Å². The minimum Gasteiger partial charge on any atom is -0.383 e. The van der Waals surface area contributed by atoms with Crippen LogP contribution in [0.25, 0.3) is 0 Å². The van der Waals surface area contributed by atoms with Crippen molar-refractivity contribution in [1.82, 2.24) is 9.27 Å². The maximum absolute atomic E-state index is 12.3. The number of likely N-dealkylation sites (tertiary alicyclic amines) is 1. The van der Waals surface area contributed by atoms with Crippen LogP contribution >= 0.6 is 11.5 Å². The third-order valence-electron chi connectivity index (χ3n) is 3.83. The van der Waals surface area contributed by atoms with Crippen molar-refractivity contribution in [1.29, 1.82) is 0 Å². The molecule has 0 spiro atoms. The van der Waals surface area contributed by atoms with E-state index in [1.165, 1.54) is 11.5 Å². The van der Waals surface area contributed by atoms with E-state index in [1.54, 1.807) is 17.2 Å². The van der Waals surface area contributed by atoms with Gasteiger partial charge in [-0.25, -0.2) is 4.37 Å². The Hall–Kier alpha value is -1.72. The molecule has 5 heteroatoms. The fourth-order valence-electron chi connectivity index (χ4n) is 2.76. The second kappa shape index (κ2) is 5.00. The summed E-state index contributed by atoms with van der Waals surface area (Å²) in [6.45, 7) is 2.90. The number of aryl methyl sites for hydroxylation is 1. The molecule has 1 fully saturated rings. The van der Waals surface area contributed by atoms with Crippen molar-refractivity contribution in [2.24, 2.45) is 0 Å². The molecule has 4 nitrogen and oxygen atoms in total. The van der Waals surface area contributed by atoms with Gasteiger partial charge in [0, 0.05) is 12.7 Å². The van der Waals surface area contributed by atoms with E-state index in [9.17, 15) is 9.90 Å². The molecular formula is C15H16N2O2S. The first-order chi connectivity index (χ1) is 9.60. The molecule has 1 unspecified atom stereocenters. The first-order valence-corrected chi connectivity index (χ1v) is 7.36. The highest BCUT2D eigenvalue weighted by Crippen LogP contribution is 2.34. The summed E-state index contributed by atoms with van der Waals surface area (Å²) in [5.41, 5.74) is 1.03. The van der Waals surface area contributed by atoms with Crippen LogP contribution in [-0.2, 0) is 5.60 Å². The zero-order valence-corrected chi connectivity index (χ0v) is 12.1. The topological polar surface area (TPSA) is 53.4 Å². The number of carbonyl (C=O) groups is 1. The number of β-amino-alcohol motifs (C(OH)–C–C–N with tert-alkyl or cyclic N) is 1. The molecule has 1 atom stereocenters. The van der Waals surface area contributed by atoms with E-state index in [-0.39, 0.29) is 5.91 Å². The lowest BCUT2D eigenvalue weighted by molar-refractivity contribution is 0.0414. The van der Waals surface area contributed by atoms with Crippen molar-refractivity contribution in [2.75, 3.05) is 13.1 Å². The molecule has 0 bridgehead atoms. The van der Waals surface area contributed by atoms with Gasteiger partial charge in [0.15, 0.2) is 0 Å². The summed E-state index contributed by atoms with van der Waals surface area (Å²) in [6.07, 6.45) is 2.20. The van der Waals surface area contributed by atoms with Gasteiger partial charge in [-0.1, -0.05) is 24.3 Å². The first-order valence-electron chi connectivity index (χ1n) is 6.59. The van der Waals surface area contributed by atoms with E-state index in [0.717, 1.165) is 11.1 Å². The third kappa shape index (κ3) is 2.23. The van der Waals surface area contributed by atoms with Crippen LogP contribution < -0.4 is 0 Å². The van der Waals surface area contributed by atoms with Crippen LogP contribution in [0.15, 0.2) is 36.5 Å². The molecule has 1 aliphatic heterocycles. The molecule has 104 valence electrons. The van der Waals surface area contributed by atoms with E-state index < -0.39 is 5.60 Å². The monoisotopic (exact) mass is 288 g/mol. The summed E-state index contributed by atoms with van der Waals surface area (Å²) in [6, 6.07) is 9.53. The molecule has 3 rings (SSSR count). The van der Waals surface area contributed by atoms with E-state index in [4.69, 9.17) is 0 Å². The molecule has 2 heterocycles. The largest absolute Gasteiger partial charge is 0.383 e. The summed E-state index contributed by atoms with van der Waals surface area (Å²) in [5.74, 6) is -0.0444. The van der Waals surface area contributed by atoms with Gasteiger partial charge >= 0.3 is 0 Å². The van der Waals surface area contributed by atoms with Gasteiger partial charge in [-0.3, -0.25) is 4.79 Å². The Balaban J connectivity index is 1.83. The molecule has 1 saturated heterocycles. The number of rotatable bonds is 2. The van der Waals surface area contributed by atoms with E-state index in [2.05, 4.69) is 4.37 Å². The summed E-state index contributed by atoms with van der Waals surface area (Å²) < 4.78 is 3.95. The van der Waals surface area contributed by atoms with Crippen molar-refractivity contribution in [3.05, 3.63) is 52.5 Å². The number of aromatic nitrogens is 1. The molecular weight excluding hydrogens is 272 g/mol. The van der Waals surface area contributed by atoms with Crippen LogP contribution in [0.1, 0.15) is 27.2 Å². The summed E-state index contributed by atoms with van der Waals surface area (Å²) in [7, 11) is 0. The lowest BCUT2D eigenvalue weighted by Gasteiger charge is -2.25. The average molecular weight is 288 g/mol. The summed E-state index contributed by atoms with van der Waals surface area (Å²) in [4.78, 5) is 14.6. The zero-order chi connectivity index (χ0) is 14.2. The average Bonchev–Trinajstić information content (AvgIpc) is 3.08. The Morgan fingerprint density at radius 2 is 2.20 bits per heavy atom. The van der Waals surface area contributed by atoms with Crippen LogP contribution in [0.4, 0.5) is 0 Å². The van der Waals surface area contributed by atoms with Gasteiger partial charge < -0.3 is 10.0 Å².